The molecule has 0 aliphatic heterocycles. The van der Waals surface area contributed by atoms with E-state index in [1.165, 1.54) is 35.9 Å². The van der Waals surface area contributed by atoms with Crippen LogP contribution in [0.2, 0.25) is 0 Å². The van der Waals surface area contributed by atoms with E-state index in [1.807, 2.05) is 0 Å². The van der Waals surface area contributed by atoms with Gasteiger partial charge in [-0.2, -0.15) is 0 Å². The van der Waals surface area contributed by atoms with E-state index in [-0.39, 0.29) is 0 Å². The average molecular weight is 243 g/mol. The minimum absolute atomic E-state index is 0.832. The Balaban J connectivity index is 1.39. The van der Waals surface area contributed by atoms with Crippen LogP contribution in [0.15, 0.2) is 30.3 Å². The van der Waals surface area contributed by atoms with Gasteiger partial charge in [-0.15, -0.1) is 0 Å². The Morgan fingerprint density at radius 3 is 2.89 bits per heavy atom. The molecule has 0 amide bonds. The zero-order chi connectivity index (χ0) is 12.2. The predicted molar refractivity (Wildman–Crippen MR) is 75.6 cm³/mol. The molecule has 18 heavy (non-hydrogen) atoms. The van der Waals surface area contributed by atoms with Crippen molar-refractivity contribution in [3.05, 3.63) is 36.0 Å². The van der Waals surface area contributed by atoms with E-state index in [2.05, 4.69) is 45.9 Å². The van der Waals surface area contributed by atoms with Crippen molar-refractivity contribution in [1.82, 2.24) is 15.6 Å². The number of H-pyrrole nitrogens is 1. The second kappa shape index (κ2) is 5.55. The SMILES string of the molecule is c1ccc2[nH]c(CNCCCNC3CC3)cc2c1. The molecule has 1 aromatic heterocycles. The maximum atomic E-state index is 3.53. The first kappa shape index (κ1) is 11.8. The first-order valence-corrected chi connectivity index (χ1v) is 6.92. The zero-order valence-electron chi connectivity index (χ0n) is 10.7. The summed E-state index contributed by atoms with van der Waals surface area (Å²) in [6.45, 7) is 3.15. The molecule has 1 aromatic carbocycles. The Morgan fingerprint density at radius 2 is 2.06 bits per heavy atom. The van der Waals surface area contributed by atoms with Crippen LogP contribution in [0.25, 0.3) is 10.9 Å². The Hall–Kier alpha value is -1.32. The van der Waals surface area contributed by atoms with Gasteiger partial charge in [-0.3, -0.25) is 0 Å². The molecule has 0 spiro atoms. The van der Waals surface area contributed by atoms with Gasteiger partial charge in [-0.1, -0.05) is 18.2 Å². The van der Waals surface area contributed by atoms with Crippen molar-refractivity contribution in [2.45, 2.75) is 31.8 Å². The number of hydrogen-bond acceptors (Lipinski definition) is 2. The molecule has 0 saturated heterocycles. The topological polar surface area (TPSA) is 39.9 Å². The number of aromatic nitrogens is 1. The molecule has 96 valence electrons. The van der Waals surface area contributed by atoms with E-state index in [0.717, 1.165) is 25.7 Å². The molecule has 3 nitrogen and oxygen atoms in total. The van der Waals surface area contributed by atoms with Crippen LogP contribution in [0.5, 0.6) is 0 Å². The first-order chi connectivity index (χ1) is 8.92. The summed E-state index contributed by atoms with van der Waals surface area (Å²) in [5.74, 6) is 0. The maximum absolute atomic E-state index is 3.53. The molecule has 0 atom stereocenters. The minimum atomic E-state index is 0.832. The number of benzene rings is 1. The Morgan fingerprint density at radius 1 is 1.17 bits per heavy atom. The van der Waals surface area contributed by atoms with Crippen LogP contribution < -0.4 is 10.6 Å². The molecule has 0 radical (unpaired) electrons. The fraction of sp³-hybridized carbons (Fsp3) is 0.467. The van der Waals surface area contributed by atoms with Crippen molar-refractivity contribution in [3.63, 3.8) is 0 Å². The number of para-hydroxylation sites is 1. The minimum Gasteiger partial charge on any atom is -0.357 e. The molecule has 1 aliphatic carbocycles. The third kappa shape index (κ3) is 3.12. The van der Waals surface area contributed by atoms with Gasteiger partial charge in [0.1, 0.15) is 0 Å². The molecule has 3 heteroatoms. The summed E-state index contributed by atoms with van der Waals surface area (Å²) in [5, 5.41) is 8.31. The fourth-order valence-electron chi connectivity index (χ4n) is 2.26. The van der Waals surface area contributed by atoms with Crippen molar-refractivity contribution in [2.75, 3.05) is 13.1 Å². The molecule has 2 aromatic rings. The van der Waals surface area contributed by atoms with Gasteiger partial charge in [-0.25, -0.2) is 0 Å². The van der Waals surface area contributed by atoms with Gasteiger partial charge < -0.3 is 15.6 Å². The van der Waals surface area contributed by atoms with Crippen LogP contribution in [0.4, 0.5) is 0 Å². The van der Waals surface area contributed by atoms with E-state index in [9.17, 15) is 0 Å². The molecular weight excluding hydrogens is 222 g/mol. The summed E-state index contributed by atoms with van der Waals surface area (Å²) in [5.41, 5.74) is 2.50. The average Bonchev–Trinajstić information content (AvgIpc) is 3.11. The lowest BCUT2D eigenvalue weighted by atomic mass is 10.2. The molecule has 3 N–H and O–H groups in total. The van der Waals surface area contributed by atoms with Crippen LogP contribution in [0.1, 0.15) is 25.0 Å². The summed E-state index contributed by atoms with van der Waals surface area (Å²) < 4.78 is 0. The van der Waals surface area contributed by atoms with Gasteiger partial charge in [0.05, 0.1) is 0 Å². The highest BCUT2D eigenvalue weighted by Crippen LogP contribution is 2.18. The number of fused-ring (bicyclic) bond motifs is 1. The fourth-order valence-corrected chi connectivity index (χ4v) is 2.26. The third-order valence-electron chi connectivity index (χ3n) is 3.44. The molecule has 0 unspecified atom stereocenters. The lowest BCUT2D eigenvalue weighted by Gasteiger charge is -2.04. The first-order valence-electron chi connectivity index (χ1n) is 6.92. The summed E-state index contributed by atoms with van der Waals surface area (Å²) in [6, 6.07) is 11.5. The van der Waals surface area contributed by atoms with Gasteiger partial charge in [-0.05, 0) is 49.9 Å². The van der Waals surface area contributed by atoms with Crippen LogP contribution in [-0.4, -0.2) is 24.1 Å². The quantitative estimate of drug-likeness (QED) is 0.653. The monoisotopic (exact) mass is 243 g/mol. The highest BCUT2D eigenvalue weighted by atomic mass is 15.0. The van der Waals surface area contributed by atoms with Gasteiger partial charge in [0.25, 0.3) is 0 Å². The number of hydrogen-bond donors (Lipinski definition) is 3. The standard InChI is InChI=1S/C15H21N3/c1-2-5-15-12(4-1)10-14(18-15)11-16-8-3-9-17-13-6-7-13/h1-2,4-5,10,13,16-18H,3,6-9,11H2. The molecule has 1 heterocycles. The number of rotatable bonds is 7. The molecule has 3 rings (SSSR count). The van der Waals surface area contributed by atoms with Crippen LogP contribution >= 0.6 is 0 Å². The number of nitrogens with one attached hydrogen (secondary N) is 3. The van der Waals surface area contributed by atoms with Crippen molar-refractivity contribution in [3.8, 4) is 0 Å². The molecule has 1 aliphatic rings. The summed E-state index contributed by atoms with van der Waals surface area (Å²) >= 11 is 0. The van der Waals surface area contributed by atoms with Crippen LogP contribution in [0.3, 0.4) is 0 Å². The van der Waals surface area contributed by atoms with E-state index in [1.54, 1.807) is 0 Å². The summed E-state index contributed by atoms with van der Waals surface area (Å²) in [4.78, 5) is 3.44. The van der Waals surface area contributed by atoms with Crippen LogP contribution in [0, 0.1) is 0 Å². The normalized spacial score (nSPS) is 15.3. The van der Waals surface area contributed by atoms with Crippen molar-refractivity contribution >= 4 is 10.9 Å². The molecule has 0 bridgehead atoms. The highest BCUT2D eigenvalue weighted by molar-refractivity contribution is 5.80. The van der Waals surface area contributed by atoms with Gasteiger partial charge in [0.15, 0.2) is 0 Å². The summed E-state index contributed by atoms with van der Waals surface area (Å²) in [7, 11) is 0. The lowest BCUT2D eigenvalue weighted by Crippen LogP contribution is -2.23. The maximum Gasteiger partial charge on any atom is 0.0456 e. The second-order valence-electron chi connectivity index (χ2n) is 5.14. The van der Waals surface area contributed by atoms with E-state index < -0.39 is 0 Å². The van der Waals surface area contributed by atoms with Crippen LogP contribution in [-0.2, 0) is 6.54 Å². The number of aromatic amines is 1. The van der Waals surface area contributed by atoms with Crippen molar-refractivity contribution in [2.24, 2.45) is 0 Å². The predicted octanol–water partition coefficient (Wildman–Crippen LogP) is 2.40. The Kier molecular flexibility index (Phi) is 3.62. The van der Waals surface area contributed by atoms with E-state index in [4.69, 9.17) is 0 Å². The van der Waals surface area contributed by atoms with Crippen molar-refractivity contribution < 1.29 is 0 Å². The Bertz CT molecular complexity index is 466. The molecular formula is C15H21N3. The second-order valence-corrected chi connectivity index (χ2v) is 5.14. The largest absolute Gasteiger partial charge is 0.357 e. The molecule has 1 saturated carbocycles. The highest BCUT2D eigenvalue weighted by Gasteiger charge is 2.19. The third-order valence-corrected chi connectivity index (χ3v) is 3.44. The van der Waals surface area contributed by atoms with Gasteiger partial charge >= 0.3 is 0 Å². The summed E-state index contributed by atoms with van der Waals surface area (Å²) in [6.07, 6.45) is 3.96. The van der Waals surface area contributed by atoms with Gasteiger partial charge in [0, 0.05) is 23.8 Å². The zero-order valence-corrected chi connectivity index (χ0v) is 10.7. The molecule has 1 fully saturated rings. The van der Waals surface area contributed by atoms with E-state index in [0.29, 0.717) is 0 Å². The van der Waals surface area contributed by atoms with Gasteiger partial charge in [0.2, 0.25) is 0 Å². The van der Waals surface area contributed by atoms with Crippen molar-refractivity contribution in [1.29, 1.82) is 0 Å². The smallest absolute Gasteiger partial charge is 0.0456 e. The van der Waals surface area contributed by atoms with E-state index >= 15 is 0 Å². The lowest BCUT2D eigenvalue weighted by molar-refractivity contribution is 0.590. The Labute approximate surface area is 108 Å².